The van der Waals surface area contributed by atoms with Crippen LogP contribution in [0.5, 0.6) is 0 Å². The maximum Gasteiger partial charge on any atom is 0.0688 e. The maximum absolute atomic E-state index is 9.20. The Morgan fingerprint density at radius 1 is 1.14 bits per heavy atom. The van der Waals surface area contributed by atoms with Crippen molar-refractivity contribution in [2.45, 2.75) is 6.61 Å². The fraction of sp³-hybridized carbons (Fsp3) is 0.167. The van der Waals surface area contributed by atoms with E-state index >= 15 is 0 Å². The van der Waals surface area contributed by atoms with Crippen LogP contribution in [0.3, 0.4) is 0 Å². The van der Waals surface area contributed by atoms with Gasteiger partial charge < -0.3 is 9.67 Å². The monoisotopic (exact) mass is 187 g/mol. The van der Waals surface area contributed by atoms with E-state index in [0.717, 1.165) is 16.8 Å². The average molecular weight is 187 g/mol. The largest absolute Gasteiger partial charge is 0.392 e. The SMILES string of the molecule is Cn1cccc1-c1ccccc1CO. The molecule has 0 spiro atoms. The molecule has 0 saturated heterocycles. The topological polar surface area (TPSA) is 25.2 Å². The quantitative estimate of drug-likeness (QED) is 0.766. The summed E-state index contributed by atoms with van der Waals surface area (Å²) in [6.07, 6.45) is 2.00. The number of hydrogen-bond acceptors (Lipinski definition) is 1. The van der Waals surface area contributed by atoms with E-state index in [1.165, 1.54) is 0 Å². The molecule has 1 heterocycles. The normalized spacial score (nSPS) is 10.4. The van der Waals surface area contributed by atoms with Gasteiger partial charge in [-0.15, -0.1) is 0 Å². The Labute approximate surface area is 83.4 Å². The third-order valence-electron chi connectivity index (χ3n) is 2.41. The van der Waals surface area contributed by atoms with Crippen molar-refractivity contribution in [1.82, 2.24) is 4.57 Å². The molecule has 0 aliphatic rings. The maximum atomic E-state index is 9.20. The average Bonchev–Trinajstić information content (AvgIpc) is 2.64. The van der Waals surface area contributed by atoms with Gasteiger partial charge in [0.05, 0.1) is 6.61 Å². The third kappa shape index (κ3) is 1.44. The van der Waals surface area contributed by atoms with Crippen LogP contribution in [0.2, 0.25) is 0 Å². The summed E-state index contributed by atoms with van der Waals surface area (Å²) >= 11 is 0. The third-order valence-corrected chi connectivity index (χ3v) is 2.41. The molecule has 2 rings (SSSR count). The van der Waals surface area contributed by atoms with Crippen molar-refractivity contribution in [3.05, 3.63) is 48.2 Å². The number of hydrogen-bond donors (Lipinski definition) is 1. The molecule has 1 aromatic carbocycles. The van der Waals surface area contributed by atoms with Crippen molar-refractivity contribution in [2.75, 3.05) is 0 Å². The van der Waals surface area contributed by atoms with Crippen molar-refractivity contribution in [1.29, 1.82) is 0 Å². The fourth-order valence-corrected chi connectivity index (χ4v) is 1.65. The standard InChI is InChI=1S/C12H13NO/c1-13-8-4-7-12(13)11-6-3-2-5-10(11)9-14/h2-8,14H,9H2,1H3. The molecule has 72 valence electrons. The summed E-state index contributed by atoms with van der Waals surface area (Å²) in [6.45, 7) is 0.0847. The smallest absolute Gasteiger partial charge is 0.0688 e. The van der Waals surface area contributed by atoms with E-state index < -0.39 is 0 Å². The molecule has 14 heavy (non-hydrogen) atoms. The van der Waals surface area contributed by atoms with Crippen molar-refractivity contribution < 1.29 is 5.11 Å². The molecule has 0 fully saturated rings. The van der Waals surface area contributed by atoms with Crippen LogP contribution in [-0.2, 0) is 13.7 Å². The van der Waals surface area contributed by atoms with Gasteiger partial charge in [-0.2, -0.15) is 0 Å². The van der Waals surface area contributed by atoms with Gasteiger partial charge in [0.15, 0.2) is 0 Å². The summed E-state index contributed by atoms with van der Waals surface area (Å²) in [5, 5.41) is 9.20. The van der Waals surface area contributed by atoms with Gasteiger partial charge >= 0.3 is 0 Å². The predicted octanol–water partition coefficient (Wildman–Crippen LogP) is 2.18. The Morgan fingerprint density at radius 3 is 2.57 bits per heavy atom. The van der Waals surface area contributed by atoms with Gasteiger partial charge in [0, 0.05) is 24.5 Å². The van der Waals surface area contributed by atoms with Crippen molar-refractivity contribution in [3.8, 4) is 11.3 Å². The van der Waals surface area contributed by atoms with Crippen LogP contribution in [-0.4, -0.2) is 9.67 Å². The minimum Gasteiger partial charge on any atom is -0.392 e. The molecule has 2 heteroatoms. The highest BCUT2D eigenvalue weighted by atomic mass is 16.3. The van der Waals surface area contributed by atoms with E-state index in [-0.39, 0.29) is 6.61 Å². The van der Waals surface area contributed by atoms with E-state index in [4.69, 9.17) is 0 Å². The highest BCUT2D eigenvalue weighted by Crippen LogP contribution is 2.23. The molecule has 0 atom stereocenters. The fourth-order valence-electron chi connectivity index (χ4n) is 1.65. The minimum atomic E-state index is 0.0847. The highest BCUT2D eigenvalue weighted by molar-refractivity contribution is 5.64. The first-order chi connectivity index (χ1) is 6.83. The van der Waals surface area contributed by atoms with Crippen molar-refractivity contribution in [2.24, 2.45) is 7.05 Å². The second kappa shape index (κ2) is 3.68. The van der Waals surface area contributed by atoms with E-state index in [2.05, 4.69) is 10.6 Å². The Balaban J connectivity index is 2.56. The Hall–Kier alpha value is -1.54. The molecule has 0 aliphatic heterocycles. The van der Waals surface area contributed by atoms with E-state index in [1.54, 1.807) is 0 Å². The number of aliphatic hydroxyl groups is 1. The second-order valence-corrected chi connectivity index (χ2v) is 3.32. The number of aliphatic hydroxyl groups excluding tert-OH is 1. The van der Waals surface area contributed by atoms with Crippen LogP contribution < -0.4 is 0 Å². The van der Waals surface area contributed by atoms with Crippen LogP contribution in [0, 0.1) is 0 Å². The zero-order valence-corrected chi connectivity index (χ0v) is 8.14. The molecular weight excluding hydrogens is 174 g/mol. The zero-order valence-electron chi connectivity index (χ0n) is 8.14. The van der Waals surface area contributed by atoms with Crippen LogP contribution in [0.15, 0.2) is 42.6 Å². The first-order valence-electron chi connectivity index (χ1n) is 4.63. The second-order valence-electron chi connectivity index (χ2n) is 3.32. The Morgan fingerprint density at radius 2 is 1.93 bits per heavy atom. The van der Waals surface area contributed by atoms with Crippen LogP contribution in [0.4, 0.5) is 0 Å². The van der Waals surface area contributed by atoms with Gasteiger partial charge in [0.2, 0.25) is 0 Å². The van der Waals surface area contributed by atoms with Crippen molar-refractivity contribution in [3.63, 3.8) is 0 Å². The van der Waals surface area contributed by atoms with Gasteiger partial charge in [-0.25, -0.2) is 0 Å². The lowest BCUT2D eigenvalue weighted by molar-refractivity contribution is 0.282. The first-order valence-corrected chi connectivity index (χ1v) is 4.63. The highest BCUT2D eigenvalue weighted by Gasteiger charge is 2.05. The van der Waals surface area contributed by atoms with Gasteiger partial charge in [0.25, 0.3) is 0 Å². The van der Waals surface area contributed by atoms with Crippen LogP contribution >= 0.6 is 0 Å². The molecular formula is C12H13NO. The van der Waals surface area contributed by atoms with E-state index in [0.29, 0.717) is 0 Å². The number of aromatic nitrogens is 1. The Bertz CT molecular complexity index is 431. The Kier molecular flexibility index (Phi) is 2.37. The van der Waals surface area contributed by atoms with Crippen LogP contribution in [0.25, 0.3) is 11.3 Å². The van der Waals surface area contributed by atoms with Gasteiger partial charge in [-0.05, 0) is 17.7 Å². The zero-order chi connectivity index (χ0) is 9.97. The summed E-state index contributed by atoms with van der Waals surface area (Å²) in [5.74, 6) is 0. The molecule has 1 N–H and O–H groups in total. The number of aryl methyl sites for hydroxylation is 1. The first kappa shape index (κ1) is 9.03. The summed E-state index contributed by atoms with van der Waals surface area (Å²) in [6, 6.07) is 12.0. The predicted molar refractivity (Wildman–Crippen MR) is 56.8 cm³/mol. The summed E-state index contributed by atoms with van der Waals surface area (Å²) in [5.41, 5.74) is 3.20. The number of benzene rings is 1. The lowest BCUT2D eigenvalue weighted by Crippen LogP contribution is -1.94. The molecule has 0 aliphatic carbocycles. The molecule has 0 radical (unpaired) electrons. The molecule has 2 nitrogen and oxygen atoms in total. The summed E-state index contributed by atoms with van der Waals surface area (Å²) in [4.78, 5) is 0. The number of nitrogens with zero attached hydrogens (tertiary/aromatic N) is 1. The van der Waals surface area contributed by atoms with Gasteiger partial charge in [0.1, 0.15) is 0 Å². The molecule has 0 amide bonds. The minimum absolute atomic E-state index is 0.0847. The molecule has 0 unspecified atom stereocenters. The molecule has 1 aromatic heterocycles. The molecule has 0 saturated carbocycles. The molecule has 0 bridgehead atoms. The number of rotatable bonds is 2. The van der Waals surface area contributed by atoms with E-state index in [1.807, 2.05) is 43.6 Å². The molecule has 2 aromatic rings. The lowest BCUT2D eigenvalue weighted by atomic mass is 10.1. The van der Waals surface area contributed by atoms with E-state index in [9.17, 15) is 5.11 Å². The van der Waals surface area contributed by atoms with Crippen molar-refractivity contribution >= 4 is 0 Å². The van der Waals surface area contributed by atoms with Crippen LogP contribution in [0.1, 0.15) is 5.56 Å². The van der Waals surface area contributed by atoms with Gasteiger partial charge in [-0.3, -0.25) is 0 Å². The summed E-state index contributed by atoms with van der Waals surface area (Å²) in [7, 11) is 2.00. The summed E-state index contributed by atoms with van der Waals surface area (Å²) < 4.78 is 2.05. The van der Waals surface area contributed by atoms with Gasteiger partial charge in [-0.1, -0.05) is 24.3 Å². The lowest BCUT2D eigenvalue weighted by Gasteiger charge is -2.07.